The molecule has 0 aromatic heterocycles. The highest BCUT2D eigenvalue weighted by atomic mass is 32.2. The monoisotopic (exact) mass is 464 g/mol. The van der Waals surface area contributed by atoms with Crippen LogP contribution in [0.1, 0.15) is 24.3 Å². The second-order valence-corrected chi connectivity index (χ2v) is 10.4. The van der Waals surface area contributed by atoms with E-state index in [1.54, 1.807) is 29.2 Å². The van der Waals surface area contributed by atoms with Gasteiger partial charge in [0, 0.05) is 32.2 Å². The van der Waals surface area contributed by atoms with Gasteiger partial charge in [0.2, 0.25) is 15.9 Å². The molecule has 2 aromatic carbocycles. The number of hydrogen-bond donors (Lipinski definition) is 1. The maximum Gasteiger partial charge on any atom is 0.231 e. The Bertz CT molecular complexity index is 1120. The Morgan fingerprint density at radius 3 is 2.53 bits per heavy atom. The van der Waals surface area contributed by atoms with Crippen LogP contribution in [0.5, 0.6) is 0 Å². The molecule has 1 saturated carbocycles. The minimum atomic E-state index is -3.37. The fourth-order valence-electron chi connectivity index (χ4n) is 4.87. The van der Waals surface area contributed by atoms with Crippen molar-refractivity contribution in [3.05, 3.63) is 59.7 Å². The average molecular weight is 465 g/mol. The highest BCUT2D eigenvalue weighted by Gasteiger charge is 2.62. The molecular formula is C23H26F2N2O4S. The minimum Gasteiger partial charge on any atom is -0.384 e. The Morgan fingerprint density at radius 1 is 1.19 bits per heavy atom. The zero-order valence-corrected chi connectivity index (χ0v) is 18.8. The summed E-state index contributed by atoms with van der Waals surface area (Å²) in [6.45, 7) is 0.896. The van der Waals surface area contributed by atoms with E-state index in [9.17, 15) is 22.0 Å². The van der Waals surface area contributed by atoms with Crippen molar-refractivity contribution in [2.24, 2.45) is 5.41 Å². The number of carbonyl (C=O) groups is 1. The number of carbonyl (C=O) groups excluding carboxylic acids is 1. The summed E-state index contributed by atoms with van der Waals surface area (Å²) in [5.41, 5.74) is 0.184. The lowest BCUT2D eigenvalue weighted by Gasteiger charge is -2.25. The molecule has 0 unspecified atom stereocenters. The number of amides is 1. The molecule has 0 spiro atoms. The Balaban J connectivity index is 1.63. The van der Waals surface area contributed by atoms with E-state index < -0.39 is 27.1 Å². The molecule has 172 valence electrons. The number of nitrogens with zero attached hydrogens (tertiary/aromatic N) is 1. The maximum absolute atomic E-state index is 14.5. The third-order valence-corrected chi connectivity index (χ3v) is 7.09. The van der Waals surface area contributed by atoms with Crippen LogP contribution in [0.4, 0.5) is 8.78 Å². The number of likely N-dealkylation sites (tertiary alicyclic amines) is 1. The second kappa shape index (κ2) is 8.53. The summed E-state index contributed by atoms with van der Waals surface area (Å²) in [5, 5.41) is 0. The second-order valence-electron chi connectivity index (χ2n) is 8.66. The van der Waals surface area contributed by atoms with Crippen molar-refractivity contribution in [2.45, 2.75) is 24.8 Å². The number of ether oxygens (including phenoxy) is 1. The molecule has 3 atom stereocenters. The maximum atomic E-state index is 14.5. The van der Waals surface area contributed by atoms with E-state index in [0.717, 1.165) is 6.26 Å². The number of halogens is 2. The van der Waals surface area contributed by atoms with Crippen molar-refractivity contribution in [1.82, 2.24) is 9.62 Å². The van der Waals surface area contributed by atoms with Crippen LogP contribution in [0.3, 0.4) is 0 Å². The molecule has 0 bridgehead atoms. The van der Waals surface area contributed by atoms with Crippen LogP contribution >= 0.6 is 0 Å². The highest BCUT2D eigenvalue weighted by molar-refractivity contribution is 7.88. The molecule has 1 heterocycles. The number of benzene rings is 2. The lowest BCUT2D eigenvalue weighted by atomic mass is 9.91. The first-order chi connectivity index (χ1) is 15.2. The molecule has 1 amide bonds. The van der Waals surface area contributed by atoms with Crippen molar-refractivity contribution >= 4 is 15.9 Å². The first kappa shape index (κ1) is 22.8. The summed E-state index contributed by atoms with van der Waals surface area (Å²) in [7, 11) is -1.85. The van der Waals surface area contributed by atoms with E-state index >= 15 is 0 Å². The number of hydrogen-bond acceptors (Lipinski definition) is 4. The van der Waals surface area contributed by atoms with E-state index in [1.165, 1.54) is 25.3 Å². The van der Waals surface area contributed by atoms with Gasteiger partial charge in [0.15, 0.2) is 0 Å². The zero-order chi connectivity index (χ0) is 23.1. The standard InChI is InChI=1S/C23H26F2N2O4S/c1-31-14-23(22(28)27-11-10-15(13-27)26-32(2,29)30)12-18(23)16-6-3-4-7-17(16)21-19(24)8-5-9-20(21)25/h3-9,15,18,26H,10-14H2,1-2H3/t15-,18-,23-/m0/s1. The topological polar surface area (TPSA) is 75.7 Å². The Morgan fingerprint density at radius 2 is 1.88 bits per heavy atom. The smallest absolute Gasteiger partial charge is 0.231 e. The number of sulfonamides is 1. The van der Waals surface area contributed by atoms with Crippen molar-refractivity contribution in [2.75, 3.05) is 33.1 Å². The molecule has 9 heteroatoms. The third kappa shape index (κ3) is 4.29. The normalized spacial score (nSPS) is 25.2. The number of rotatable bonds is 7. The van der Waals surface area contributed by atoms with Crippen LogP contribution in [0.25, 0.3) is 11.1 Å². The molecule has 1 aliphatic carbocycles. The lowest BCUT2D eigenvalue weighted by molar-refractivity contribution is -0.138. The fourth-order valence-corrected chi connectivity index (χ4v) is 5.67. The summed E-state index contributed by atoms with van der Waals surface area (Å²) in [5.74, 6) is -1.69. The van der Waals surface area contributed by atoms with Gasteiger partial charge in [-0.3, -0.25) is 4.79 Å². The molecular weight excluding hydrogens is 438 g/mol. The molecule has 2 fully saturated rings. The van der Waals surface area contributed by atoms with Crippen LogP contribution in [0.15, 0.2) is 42.5 Å². The van der Waals surface area contributed by atoms with Crippen molar-refractivity contribution in [3.63, 3.8) is 0 Å². The van der Waals surface area contributed by atoms with Gasteiger partial charge in [-0.15, -0.1) is 0 Å². The zero-order valence-electron chi connectivity index (χ0n) is 18.0. The molecule has 32 heavy (non-hydrogen) atoms. The van der Waals surface area contributed by atoms with Crippen LogP contribution in [0.2, 0.25) is 0 Å². The van der Waals surface area contributed by atoms with E-state index in [4.69, 9.17) is 4.74 Å². The molecule has 1 saturated heterocycles. The quantitative estimate of drug-likeness (QED) is 0.684. The van der Waals surface area contributed by atoms with Crippen LogP contribution in [-0.2, 0) is 19.6 Å². The van der Waals surface area contributed by atoms with Gasteiger partial charge in [0.25, 0.3) is 0 Å². The molecule has 1 N–H and O–H groups in total. The fraction of sp³-hybridized carbons (Fsp3) is 0.435. The summed E-state index contributed by atoms with van der Waals surface area (Å²) in [4.78, 5) is 15.2. The molecule has 1 aliphatic heterocycles. The molecule has 6 nitrogen and oxygen atoms in total. The molecule has 2 aromatic rings. The summed E-state index contributed by atoms with van der Waals surface area (Å²) in [6, 6.07) is 10.4. The first-order valence-electron chi connectivity index (χ1n) is 10.5. The van der Waals surface area contributed by atoms with Gasteiger partial charge in [0.1, 0.15) is 11.6 Å². The number of methoxy groups -OCH3 is 1. The predicted molar refractivity (Wildman–Crippen MR) is 116 cm³/mol. The first-order valence-corrected chi connectivity index (χ1v) is 12.3. The van der Waals surface area contributed by atoms with E-state index in [1.807, 2.05) is 0 Å². The average Bonchev–Trinajstić information content (AvgIpc) is 3.27. The van der Waals surface area contributed by atoms with E-state index in [0.29, 0.717) is 30.5 Å². The highest BCUT2D eigenvalue weighted by Crippen LogP contribution is 2.62. The molecule has 2 aliphatic rings. The minimum absolute atomic E-state index is 0.104. The third-order valence-electron chi connectivity index (χ3n) is 6.33. The Kier molecular flexibility index (Phi) is 6.08. The summed E-state index contributed by atoms with van der Waals surface area (Å²) < 4.78 is 60.1. The van der Waals surface area contributed by atoms with Gasteiger partial charge < -0.3 is 9.64 Å². The van der Waals surface area contributed by atoms with E-state index in [-0.39, 0.29) is 36.6 Å². The van der Waals surface area contributed by atoms with Gasteiger partial charge in [-0.25, -0.2) is 21.9 Å². The molecule has 4 rings (SSSR count). The van der Waals surface area contributed by atoms with Crippen LogP contribution in [0, 0.1) is 17.0 Å². The van der Waals surface area contributed by atoms with Crippen LogP contribution < -0.4 is 4.72 Å². The van der Waals surface area contributed by atoms with Gasteiger partial charge in [-0.2, -0.15) is 0 Å². The van der Waals surface area contributed by atoms with Gasteiger partial charge >= 0.3 is 0 Å². The Labute approximate surface area is 186 Å². The van der Waals surface area contributed by atoms with Crippen molar-refractivity contribution in [1.29, 1.82) is 0 Å². The summed E-state index contributed by atoms with van der Waals surface area (Å²) in [6.07, 6.45) is 2.12. The van der Waals surface area contributed by atoms with Gasteiger partial charge in [-0.1, -0.05) is 30.3 Å². The van der Waals surface area contributed by atoms with E-state index in [2.05, 4.69) is 4.72 Å². The lowest BCUT2D eigenvalue weighted by Crippen LogP contribution is -2.42. The summed E-state index contributed by atoms with van der Waals surface area (Å²) >= 11 is 0. The molecule has 0 radical (unpaired) electrons. The van der Waals surface area contributed by atoms with Gasteiger partial charge in [-0.05, 0) is 36.1 Å². The van der Waals surface area contributed by atoms with Crippen molar-refractivity contribution in [3.8, 4) is 11.1 Å². The SMILES string of the molecule is COC[C@@]1(C(=O)N2CC[C@H](NS(C)(=O)=O)C2)C[C@H]1c1ccccc1-c1c(F)cccc1F. The predicted octanol–water partition coefficient (Wildman–Crippen LogP) is 2.90. The van der Waals surface area contributed by atoms with Crippen molar-refractivity contribution < 1.29 is 26.7 Å². The largest absolute Gasteiger partial charge is 0.384 e. The van der Waals surface area contributed by atoms with Crippen LogP contribution in [-0.4, -0.2) is 58.3 Å². The van der Waals surface area contributed by atoms with Gasteiger partial charge in [0.05, 0.1) is 23.8 Å². The number of nitrogens with one attached hydrogen (secondary N) is 1. The Hall–Kier alpha value is -2.36.